The van der Waals surface area contributed by atoms with E-state index in [9.17, 15) is 22.8 Å². The Morgan fingerprint density at radius 1 is 0.980 bits per heavy atom. The van der Waals surface area contributed by atoms with Crippen molar-refractivity contribution in [2.24, 2.45) is 22.2 Å². The summed E-state index contributed by atoms with van der Waals surface area (Å²) in [5, 5.41) is 8.28. The number of guanidine groups is 1. The molecule has 0 atom stereocenters. The van der Waals surface area contributed by atoms with E-state index < -0.39 is 23.7 Å². The van der Waals surface area contributed by atoms with Crippen molar-refractivity contribution in [3.8, 4) is 22.6 Å². The zero-order valence-electron chi connectivity index (χ0n) is 29.5. The van der Waals surface area contributed by atoms with Gasteiger partial charge < -0.3 is 47.6 Å². The first-order valence-corrected chi connectivity index (χ1v) is 16.0. The van der Waals surface area contributed by atoms with Crippen molar-refractivity contribution in [2.75, 3.05) is 31.6 Å². The Balaban J connectivity index is 0.000000348. The maximum Gasteiger partial charge on any atom is 0.573 e. The van der Waals surface area contributed by atoms with Gasteiger partial charge in [0.05, 0.1) is 12.2 Å². The number of nitrogens with one attached hydrogen (secondary N) is 4. The maximum atomic E-state index is 12.6. The first-order valence-electron chi connectivity index (χ1n) is 16.0. The van der Waals surface area contributed by atoms with E-state index in [1.807, 2.05) is 45.0 Å². The second-order valence-electron chi connectivity index (χ2n) is 13.3. The molecule has 0 aliphatic rings. The largest absolute Gasteiger partial charge is 0.573 e. The minimum absolute atomic E-state index is 0.0641. The molecule has 0 saturated carbocycles. The van der Waals surface area contributed by atoms with E-state index in [1.165, 1.54) is 12.1 Å². The summed E-state index contributed by atoms with van der Waals surface area (Å²) in [5.41, 5.74) is 17.4. The fourth-order valence-corrected chi connectivity index (χ4v) is 4.14. The number of aromatic nitrogens is 2. The molecule has 0 unspecified atom stereocenters. The molecule has 13 nitrogen and oxygen atoms in total. The number of rotatable bonds is 13. The van der Waals surface area contributed by atoms with Gasteiger partial charge in [0, 0.05) is 30.2 Å². The number of benzene rings is 2. The van der Waals surface area contributed by atoms with Crippen LogP contribution < -0.4 is 48.2 Å². The first-order chi connectivity index (χ1) is 23.3. The molecular weight excluding hydrogens is 655 g/mol. The highest BCUT2D eigenvalue weighted by atomic mass is 19.4. The van der Waals surface area contributed by atoms with Crippen LogP contribution in [0.15, 0.2) is 58.4 Å². The van der Waals surface area contributed by atoms with Crippen LogP contribution >= 0.6 is 0 Å². The Bertz CT molecular complexity index is 1590. The third-order valence-electron chi connectivity index (χ3n) is 6.46. The number of hydrogen-bond donors (Lipinski definition) is 7. The lowest BCUT2D eigenvalue weighted by atomic mass is 9.95. The maximum absolute atomic E-state index is 12.6. The van der Waals surface area contributed by atoms with Crippen LogP contribution in [0.3, 0.4) is 0 Å². The van der Waals surface area contributed by atoms with Crippen LogP contribution in [-0.2, 0) is 12.0 Å². The summed E-state index contributed by atoms with van der Waals surface area (Å²) in [6.45, 7) is 14.0. The van der Waals surface area contributed by atoms with E-state index in [2.05, 4.69) is 35.6 Å². The highest BCUT2D eigenvalue weighted by molar-refractivity contribution is 5.93. The number of ether oxygens (including phenoxy) is 2. The smallest absolute Gasteiger partial charge is 0.491 e. The fraction of sp³-hybridized carbons (Fsp3) is 0.471. The minimum atomic E-state index is -4.90. The number of carbonyl (C=O) groups is 1. The predicted octanol–water partition coefficient (Wildman–Crippen LogP) is 4.72. The van der Waals surface area contributed by atoms with Crippen molar-refractivity contribution in [3.05, 3.63) is 70.4 Å². The van der Waals surface area contributed by atoms with Gasteiger partial charge in [-0.15, -0.1) is 13.2 Å². The molecule has 2 amide bonds. The van der Waals surface area contributed by atoms with Gasteiger partial charge in [0.25, 0.3) is 5.56 Å². The molecule has 50 heavy (non-hydrogen) atoms. The van der Waals surface area contributed by atoms with Crippen LogP contribution in [0.2, 0.25) is 0 Å². The van der Waals surface area contributed by atoms with Crippen LogP contribution in [0.1, 0.15) is 65.8 Å². The molecule has 0 radical (unpaired) electrons. The standard InChI is InChI=1S/C19H28N6O.C15H22F3N3O3/c1-19(2,3)17-24-12-15(16(26)25-17)14-7-5-13(6-8-14)11-22-9-4-10-23-18(20)21;1-14(2,3)21-13(22)20-12-10(23-9-5-8-19)6-4-7-11(12)24-15(16,17)18/h5-8,12,22H,4,9-11H2,1-3H3,(H4,20,21,23)(H,24,25,26);4,6-7H,5,8-9,19H2,1-3H3,(H2,20,21,22). The number of anilines is 1. The molecule has 0 saturated heterocycles. The van der Waals surface area contributed by atoms with Gasteiger partial charge in [-0.1, -0.05) is 51.1 Å². The second-order valence-corrected chi connectivity index (χ2v) is 13.3. The lowest BCUT2D eigenvalue weighted by Gasteiger charge is -2.22. The molecule has 16 heteroatoms. The van der Waals surface area contributed by atoms with Crippen molar-refractivity contribution in [2.45, 2.75) is 78.2 Å². The van der Waals surface area contributed by atoms with Gasteiger partial charge in [0.1, 0.15) is 17.3 Å². The number of aromatic amines is 1. The normalized spacial score (nSPS) is 11.6. The molecule has 3 rings (SSSR count). The summed E-state index contributed by atoms with van der Waals surface area (Å²) in [6.07, 6.45) is -1.86. The van der Waals surface area contributed by atoms with E-state index in [0.717, 1.165) is 36.7 Å². The highest BCUT2D eigenvalue weighted by Gasteiger charge is 2.33. The third kappa shape index (κ3) is 15.6. The van der Waals surface area contributed by atoms with Crippen molar-refractivity contribution < 1.29 is 27.4 Å². The Morgan fingerprint density at radius 2 is 1.64 bits per heavy atom. The summed E-state index contributed by atoms with van der Waals surface area (Å²) in [6, 6.07) is 11.1. The average Bonchev–Trinajstić information content (AvgIpc) is 2.99. The Hall–Kier alpha value is -4.83. The topological polar surface area (TPSA) is 208 Å². The number of hydrogen-bond acceptors (Lipinski definition) is 8. The van der Waals surface area contributed by atoms with E-state index in [4.69, 9.17) is 21.9 Å². The van der Waals surface area contributed by atoms with Gasteiger partial charge in [-0.2, -0.15) is 0 Å². The Kier molecular flexibility index (Phi) is 15.5. The SMILES string of the molecule is CC(C)(C)NC(=O)Nc1c(OCCCN)cccc1OC(F)(F)F.CC(C)(C)c1ncc(-c2ccc(CNCCCN=C(N)N)cc2)c(=O)[nH]1. The number of nitrogens with two attached hydrogens (primary N) is 3. The van der Waals surface area contributed by atoms with E-state index in [-0.39, 0.29) is 35.0 Å². The van der Waals surface area contributed by atoms with Crippen LogP contribution in [0.5, 0.6) is 11.5 Å². The van der Waals surface area contributed by atoms with Crippen LogP contribution in [0.25, 0.3) is 11.1 Å². The van der Waals surface area contributed by atoms with Crippen molar-refractivity contribution in [1.29, 1.82) is 0 Å². The molecule has 1 heterocycles. The molecular formula is C34H50F3N9O4. The molecule has 0 aliphatic heterocycles. The quantitative estimate of drug-likeness (QED) is 0.0745. The van der Waals surface area contributed by atoms with Crippen LogP contribution in [0.4, 0.5) is 23.7 Å². The van der Waals surface area contributed by atoms with Crippen LogP contribution in [-0.4, -0.2) is 60.1 Å². The number of nitrogens with zero attached hydrogens (tertiary/aromatic N) is 2. The molecule has 0 fully saturated rings. The van der Waals surface area contributed by atoms with E-state index >= 15 is 0 Å². The molecule has 276 valence electrons. The number of H-pyrrole nitrogens is 1. The number of halogens is 3. The number of para-hydroxylation sites is 1. The molecule has 3 aromatic rings. The molecule has 0 bridgehead atoms. The van der Waals surface area contributed by atoms with Crippen molar-refractivity contribution in [3.63, 3.8) is 0 Å². The predicted molar refractivity (Wildman–Crippen MR) is 190 cm³/mol. The summed E-state index contributed by atoms with van der Waals surface area (Å²) < 4.78 is 47.0. The Morgan fingerprint density at radius 3 is 2.20 bits per heavy atom. The van der Waals surface area contributed by atoms with Crippen molar-refractivity contribution >= 4 is 17.7 Å². The Labute approximate surface area is 290 Å². The monoisotopic (exact) mass is 705 g/mol. The molecule has 0 spiro atoms. The number of aliphatic imine (C=N–C) groups is 1. The highest BCUT2D eigenvalue weighted by Crippen LogP contribution is 2.37. The first kappa shape index (κ1) is 41.3. The summed E-state index contributed by atoms with van der Waals surface area (Å²) in [7, 11) is 0. The van der Waals surface area contributed by atoms with E-state index in [1.54, 1.807) is 27.0 Å². The van der Waals surface area contributed by atoms with Crippen LogP contribution in [0, 0.1) is 0 Å². The number of urea groups is 1. The molecule has 1 aromatic heterocycles. The number of alkyl halides is 3. The third-order valence-corrected chi connectivity index (χ3v) is 6.46. The summed E-state index contributed by atoms with van der Waals surface area (Å²) >= 11 is 0. The second kappa shape index (κ2) is 18.8. The summed E-state index contributed by atoms with van der Waals surface area (Å²) in [4.78, 5) is 35.6. The number of carbonyl (C=O) groups excluding carboxylic acids is 1. The van der Waals surface area contributed by atoms with Gasteiger partial charge in [0.2, 0.25) is 0 Å². The van der Waals surface area contributed by atoms with Gasteiger partial charge in [-0.05, 0) is 70.0 Å². The minimum Gasteiger partial charge on any atom is -0.491 e. The zero-order chi connectivity index (χ0) is 37.5. The van der Waals surface area contributed by atoms with Gasteiger partial charge in [-0.3, -0.25) is 9.79 Å². The van der Waals surface area contributed by atoms with Gasteiger partial charge in [0.15, 0.2) is 11.7 Å². The van der Waals surface area contributed by atoms with E-state index in [0.29, 0.717) is 30.9 Å². The number of amides is 2. The molecule has 0 aliphatic carbocycles. The lowest BCUT2D eigenvalue weighted by molar-refractivity contribution is -0.274. The fourth-order valence-electron chi connectivity index (χ4n) is 4.14. The molecule has 10 N–H and O–H groups in total. The zero-order valence-corrected chi connectivity index (χ0v) is 29.5. The average molecular weight is 706 g/mol. The van der Waals surface area contributed by atoms with Gasteiger partial charge in [-0.25, -0.2) is 9.78 Å². The lowest BCUT2D eigenvalue weighted by Crippen LogP contribution is -2.43. The molecule has 2 aromatic carbocycles. The van der Waals surface area contributed by atoms with Gasteiger partial charge >= 0.3 is 12.4 Å². The van der Waals surface area contributed by atoms with Crippen molar-refractivity contribution in [1.82, 2.24) is 20.6 Å². The summed E-state index contributed by atoms with van der Waals surface area (Å²) in [5.74, 6) is 0.319.